The first kappa shape index (κ1) is 14.5. The molecular formula is C9H10Cl3NO2. The number of aliphatic carboxylic acids is 1. The Labute approximate surface area is 103 Å². The molecular weight excluding hydrogens is 260 g/mol. The zero-order chi connectivity index (χ0) is 12.0. The van der Waals surface area contributed by atoms with Gasteiger partial charge in [0.05, 0.1) is 15.1 Å². The van der Waals surface area contributed by atoms with E-state index in [-0.39, 0.29) is 0 Å². The van der Waals surface area contributed by atoms with E-state index in [0.29, 0.717) is 15.1 Å². The fourth-order valence-corrected chi connectivity index (χ4v) is 1.00. The van der Waals surface area contributed by atoms with Crippen molar-refractivity contribution in [3.05, 3.63) is 33.3 Å². The summed E-state index contributed by atoms with van der Waals surface area (Å²) in [5.41, 5.74) is 4.84. The third kappa shape index (κ3) is 5.85. The van der Waals surface area contributed by atoms with Gasteiger partial charge in [0.25, 0.3) is 0 Å². The Bertz CT molecular complexity index is 322. The second kappa shape index (κ2) is 6.90. The lowest BCUT2D eigenvalue weighted by Crippen LogP contribution is -2.25. The fourth-order valence-electron chi connectivity index (χ4n) is 0.477. The van der Waals surface area contributed by atoms with E-state index in [1.807, 2.05) is 0 Å². The highest BCUT2D eigenvalue weighted by Crippen LogP contribution is 2.28. The summed E-state index contributed by atoms with van der Waals surface area (Å²) < 4.78 is 0. The number of benzene rings is 1. The summed E-state index contributed by atoms with van der Waals surface area (Å²) >= 11 is 16.8. The van der Waals surface area contributed by atoms with Gasteiger partial charge >= 0.3 is 5.97 Å². The van der Waals surface area contributed by atoms with Crippen LogP contribution in [-0.2, 0) is 4.79 Å². The first-order valence-electron chi connectivity index (χ1n) is 3.94. The largest absolute Gasteiger partial charge is 0.480 e. The van der Waals surface area contributed by atoms with E-state index in [4.69, 9.17) is 45.6 Å². The molecule has 0 heterocycles. The van der Waals surface area contributed by atoms with Gasteiger partial charge in [-0.25, -0.2) is 0 Å². The van der Waals surface area contributed by atoms with Gasteiger partial charge in [0, 0.05) is 0 Å². The fraction of sp³-hybridized carbons (Fsp3) is 0.222. The number of carboxylic acids is 1. The highest BCUT2D eigenvalue weighted by molar-refractivity contribution is 6.47. The third-order valence-corrected chi connectivity index (χ3v) is 2.52. The van der Waals surface area contributed by atoms with Crippen LogP contribution >= 0.6 is 34.8 Å². The predicted octanol–water partition coefficient (Wildman–Crippen LogP) is 3.07. The predicted molar refractivity (Wildman–Crippen MR) is 62.8 cm³/mol. The molecule has 3 N–H and O–H groups in total. The molecule has 0 aliphatic carbocycles. The molecule has 0 aromatic heterocycles. The Morgan fingerprint density at radius 3 is 1.87 bits per heavy atom. The molecule has 0 fully saturated rings. The molecule has 0 amide bonds. The maximum absolute atomic E-state index is 9.57. The van der Waals surface area contributed by atoms with Crippen LogP contribution in [0, 0.1) is 0 Å². The zero-order valence-electron chi connectivity index (χ0n) is 7.88. The summed E-state index contributed by atoms with van der Waals surface area (Å²) in [5.74, 6) is -0.963. The van der Waals surface area contributed by atoms with Crippen molar-refractivity contribution in [3.8, 4) is 0 Å². The SMILES string of the molecule is C[C@H](N)C(=O)O.Clc1cccc(Cl)c1Cl. The monoisotopic (exact) mass is 269 g/mol. The number of hydrogen-bond acceptors (Lipinski definition) is 2. The first-order chi connectivity index (χ1) is 6.86. The van der Waals surface area contributed by atoms with Gasteiger partial charge in [-0.3, -0.25) is 4.79 Å². The summed E-state index contributed by atoms with van der Waals surface area (Å²) in [7, 11) is 0. The normalized spacial score (nSPS) is 11.3. The van der Waals surface area contributed by atoms with Crippen molar-refractivity contribution in [2.75, 3.05) is 0 Å². The average Bonchev–Trinajstić information content (AvgIpc) is 2.15. The summed E-state index contributed by atoms with van der Waals surface area (Å²) in [6.45, 7) is 1.42. The highest BCUT2D eigenvalue weighted by atomic mass is 35.5. The van der Waals surface area contributed by atoms with Crippen LogP contribution < -0.4 is 5.73 Å². The van der Waals surface area contributed by atoms with Gasteiger partial charge in [-0.1, -0.05) is 40.9 Å². The molecule has 1 aromatic rings. The Morgan fingerprint density at radius 2 is 1.67 bits per heavy atom. The molecule has 0 bridgehead atoms. The van der Waals surface area contributed by atoms with E-state index in [1.54, 1.807) is 18.2 Å². The Balaban J connectivity index is 0.000000288. The summed E-state index contributed by atoms with van der Waals surface area (Å²) in [6.07, 6.45) is 0. The number of rotatable bonds is 1. The van der Waals surface area contributed by atoms with E-state index >= 15 is 0 Å². The minimum Gasteiger partial charge on any atom is -0.480 e. The molecule has 0 unspecified atom stereocenters. The minimum absolute atomic E-state index is 0.417. The molecule has 0 radical (unpaired) electrons. The van der Waals surface area contributed by atoms with Crippen molar-refractivity contribution >= 4 is 40.8 Å². The molecule has 1 aromatic carbocycles. The lowest BCUT2D eigenvalue weighted by molar-refractivity contribution is -0.138. The van der Waals surface area contributed by atoms with Crippen molar-refractivity contribution in [1.29, 1.82) is 0 Å². The lowest BCUT2D eigenvalue weighted by atomic mass is 10.4. The third-order valence-electron chi connectivity index (χ3n) is 1.29. The summed E-state index contributed by atoms with van der Waals surface area (Å²) in [4.78, 5) is 9.57. The number of hydrogen-bond donors (Lipinski definition) is 2. The summed E-state index contributed by atoms with van der Waals surface area (Å²) in [6, 6.07) is 4.40. The van der Waals surface area contributed by atoms with E-state index in [1.165, 1.54) is 6.92 Å². The molecule has 0 aliphatic rings. The number of carboxylic acid groups (broad SMARTS) is 1. The van der Waals surface area contributed by atoms with Crippen molar-refractivity contribution in [3.63, 3.8) is 0 Å². The molecule has 0 aliphatic heterocycles. The van der Waals surface area contributed by atoms with E-state index < -0.39 is 12.0 Å². The van der Waals surface area contributed by atoms with Crippen molar-refractivity contribution < 1.29 is 9.90 Å². The van der Waals surface area contributed by atoms with E-state index in [0.717, 1.165) is 0 Å². The smallest absolute Gasteiger partial charge is 0.320 e. The molecule has 15 heavy (non-hydrogen) atoms. The van der Waals surface area contributed by atoms with Crippen molar-refractivity contribution in [1.82, 2.24) is 0 Å². The van der Waals surface area contributed by atoms with Crippen LogP contribution in [0.5, 0.6) is 0 Å². The molecule has 1 atom stereocenters. The van der Waals surface area contributed by atoms with Crippen LogP contribution in [0.2, 0.25) is 15.1 Å². The molecule has 1 rings (SSSR count). The van der Waals surface area contributed by atoms with Gasteiger partial charge in [-0.05, 0) is 19.1 Å². The quantitative estimate of drug-likeness (QED) is 0.771. The van der Waals surface area contributed by atoms with Crippen molar-refractivity contribution in [2.24, 2.45) is 5.73 Å². The number of carbonyl (C=O) groups is 1. The average molecular weight is 271 g/mol. The van der Waals surface area contributed by atoms with Crippen molar-refractivity contribution in [2.45, 2.75) is 13.0 Å². The van der Waals surface area contributed by atoms with Crippen LogP contribution in [-0.4, -0.2) is 17.1 Å². The molecule has 3 nitrogen and oxygen atoms in total. The van der Waals surface area contributed by atoms with Gasteiger partial charge in [-0.2, -0.15) is 0 Å². The Hall–Kier alpha value is -0.480. The maximum Gasteiger partial charge on any atom is 0.320 e. The van der Waals surface area contributed by atoms with Gasteiger partial charge in [0.2, 0.25) is 0 Å². The van der Waals surface area contributed by atoms with Gasteiger partial charge in [0.1, 0.15) is 6.04 Å². The molecule has 84 valence electrons. The van der Waals surface area contributed by atoms with Gasteiger partial charge < -0.3 is 10.8 Å². The molecule has 0 saturated carbocycles. The van der Waals surface area contributed by atoms with Gasteiger partial charge in [-0.15, -0.1) is 0 Å². The number of nitrogens with two attached hydrogens (primary N) is 1. The van der Waals surface area contributed by atoms with Crippen LogP contribution in [0.1, 0.15) is 6.92 Å². The second-order valence-electron chi connectivity index (χ2n) is 2.66. The maximum atomic E-state index is 9.57. The van der Waals surface area contributed by atoms with Gasteiger partial charge in [0.15, 0.2) is 0 Å². The minimum atomic E-state index is -0.963. The van der Waals surface area contributed by atoms with Crippen LogP contribution in [0.15, 0.2) is 18.2 Å². The Kier molecular flexibility index (Phi) is 6.68. The van der Waals surface area contributed by atoms with Crippen LogP contribution in [0.25, 0.3) is 0 Å². The lowest BCUT2D eigenvalue weighted by Gasteiger charge is -1.94. The molecule has 0 saturated heterocycles. The van der Waals surface area contributed by atoms with E-state index in [9.17, 15) is 4.79 Å². The van der Waals surface area contributed by atoms with E-state index in [2.05, 4.69) is 0 Å². The first-order valence-corrected chi connectivity index (χ1v) is 5.07. The second-order valence-corrected chi connectivity index (χ2v) is 3.85. The topological polar surface area (TPSA) is 63.3 Å². The summed E-state index contributed by atoms with van der Waals surface area (Å²) in [5, 5.41) is 9.26. The molecule has 6 heteroatoms. The van der Waals surface area contributed by atoms with Crippen LogP contribution in [0.3, 0.4) is 0 Å². The number of halogens is 3. The standard InChI is InChI=1S/C6H3Cl3.C3H7NO2/c7-4-2-1-3-5(8)6(4)9;1-2(4)3(5)6/h1-3H;2H,4H2,1H3,(H,5,6)/t;2-/m.0/s1. The zero-order valence-corrected chi connectivity index (χ0v) is 10.1. The van der Waals surface area contributed by atoms with Crippen LogP contribution in [0.4, 0.5) is 0 Å². The highest BCUT2D eigenvalue weighted by Gasteiger charge is 1.99. The Morgan fingerprint density at radius 1 is 1.33 bits per heavy atom. The molecule has 0 spiro atoms.